The van der Waals surface area contributed by atoms with Crippen LogP contribution in [0.1, 0.15) is 70.6 Å². The Labute approximate surface area is 210 Å². The summed E-state index contributed by atoms with van der Waals surface area (Å²) in [4.78, 5) is 52.5. The van der Waals surface area contributed by atoms with Crippen LogP contribution in [-0.4, -0.2) is 67.4 Å². The quantitative estimate of drug-likeness (QED) is 0.374. The molecule has 2 aliphatic heterocycles. The fourth-order valence-electron chi connectivity index (χ4n) is 5.16. The molecule has 4 unspecified atom stereocenters. The zero-order valence-electron chi connectivity index (χ0n) is 20.2. The maximum Gasteiger partial charge on any atom is 0.405 e. The summed E-state index contributed by atoms with van der Waals surface area (Å²) >= 11 is 0. The Morgan fingerprint density at radius 1 is 1.08 bits per heavy atom. The monoisotopic (exact) mass is 525 g/mol. The number of rotatable bonds is 5. The van der Waals surface area contributed by atoms with Gasteiger partial charge in [0.2, 0.25) is 5.91 Å². The number of fused-ring (bicyclic) bond motifs is 2. The highest BCUT2D eigenvalue weighted by atomic mass is 32.2. The number of carbonyl (C=O) groups excluding carboxylic acids is 4. The normalized spacial score (nSPS) is 32.6. The maximum atomic E-state index is 13.3. The van der Waals surface area contributed by atoms with Crippen molar-refractivity contribution in [2.75, 3.05) is 6.54 Å². The van der Waals surface area contributed by atoms with Crippen LogP contribution in [0, 0.1) is 5.92 Å². The van der Waals surface area contributed by atoms with Gasteiger partial charge in [0.1, 0.15) is 11.6 Å². The van der Waals surface area contributed by atoms with Crippen molar-refractivity contribution in [1.29, 1.82) is 0 Å². The minimum absolute atomic E-state index is 0.196. The van der Waals surface area contributed by atoms with Gasteiger partial charge in [0, 0.05) is 18.5 Å². The van der Waals surface area contributed by atoms with E-state index in [-0.39, 0.29) is 18.4 Å². The smallest absolute Gasteiger partial charge is 0.405 e. The molecular weight excluding hydrogens is 490 g/mol. The molecule has 4 atom stereocenters. The third-order valence-electron chi connectivity index (χ3n) is 7.50. The predicted octanol–water partition coefficient (Wildman–Crippen LogP) is 0.340. The van der Waals surface area contributed by atoms with Crippen LogP contribution < -0.4 is 20.5 Å². The molecule has 4 amide bonds. The number of hydrogen-bond donors (Lipinski definition) is 4. The van der Waals surface area contributed by atoms with Gasteiger partial charge in [-0.15, -0.1) is 0 Å². The lowest BCUT2D eigenvalue weighted by Crippen LogP contribution is -2.58. The summed E-state index contributed by atoms with van der Waals surface area (Å²) < 4.78 is 34.6. The molecule has 0 aromatic heterocycles. The first-order valence-electron chi connectivity index (χ1n) is 12.7. The lowest BCUT2D eigenvalue weighted by Gasteiger charge is -2.29. The molecule has 0 aromatic carbocycles. The number of nitrogens with one attached hydrogen (secondary N) is 3. The molecular formula is C23H35N5O7S. The number of carbonyl (C=O) groups is 4. The van der Waals surface area contributed by atoms with E-state index in [1.165, 1.54) is 4.90 Å². The fraction of sp³-hybridized carbons (Fsp3) is 0.739. The molecule has 200 valence electrons. The zero-order chi connectivity index (χ0) is 25.9. The lowest BCUT2D eigenvalue weighted by molar-refractivity contribution is -0.146. The Kier molecular flexibility index (Phi) is 7.88. The molecule has 0 spiro atoms. The molecule has 0 radical (unpaired) electrons. The summed E-state index contributed by atoms with van der Waals surface area (Å²) in [7, 11) is -4.08. The highest BCUT2D eigenvalue weighted by Gasteiger charge is 2.61. The topological polar surface area (TPSA) is 177 Å². The molecule has 2 heterocycles. The third kappa shape index (κ3) is 6.00. The van der Waals surface area contributed by atoms with Crippen LogP contribution in [0.3, 0.4) is 0 Å². The number of allylic oxidation sites excluding steroid dienone is 1. The minimum Gasteiger partial charge on any atom is -0.436 e. The van der Waals surface area contributed by atoms with E-state index in [1.54, 1.807) is 0 Å². The van der Waals surface area contributed by atoms with E-state index in [1.807, 2.05) is 12.2 Å². The molecule has 3 fully saturated rings. The summed E-state index contributed by atoms with van der Waals surface area (Å²) in [6.07, 6.45) is 8.47. The van der Waals surface area contributed by atoms with Crippen molar-refractivity contribution in [2.45, 2.75) is 94.4 Å². The Hall–Kier alpha value is -2.67. The first-order valence-corrected chi connectivity index (χ1v) is 14.2. The van der Waals surface area contributed by atoms with Gasteiger partial charge in [-0.3, -0.25) is 14.4 Å². The van der Waals surface area contributed by atoms with Gasteiger partial charge in [0.15, 0.2) is 6.10 Å². The van der Waals surface area contributed by atoms with Gasteiger partial charge in [-0.1, -0.05) is 25.0 Å². The molecule has 0 aromatic rings. The fourth-order valence-corrected chi connectivity index (χ4v) is 6.32. The number of nitrogens with two attached hydrogens (primary N) is 1. The number of amides is 4. The Morgan fingerprint density at radius 3 is 2.56 bits per heavy atom. The van der Waals surface area contributed by atoms with E-state index in [0.717, 1.165) is 19.3 Å². The number of primary amides is 1. The van der Waals surface area contributed by atoms with E-state index < -0.39 is 51.7 Å². The molecule has 12 nitrogen and oxygen atoms in total. The van der Waals surface area contributed by atoms with Crippen molar-refractivity contribution in [3.63, 3.8) is 0 Å². The van der Waals surface area contributed by atoms with Crippen LogP contribution >= 0.6 is 0 Å². The van der Waals surface area contributed by atoms with Crippen LogP contribution in [0.5, 0.6) is 0 Å². The van der Waals surface area contributed by atoms with Crippen molar-refractivity contribution in [3.05, 3.63) is 12.2 Å². The van der Waals surface area contributed by atoms with Gasteiger partial charge in [-0.2, -0.15) is 13.1 Å². The summed E-state index contributed by atoms with van der Waals surface area (Å²) in [6, 6.07) is -1.06. The van der Waals surface area contributed by atoms with Crippen LogP contribution in [0.2, 0.25) is 0 Å². The molecule has 5 N–H and O–H groups in total. The third-order valence-corrected chi connectivity index (χ3v) is 8.60. The summed E-state index contributed by atoms with van der Waals surface area (Å²) in [5.41, 5.74) is 3.77. The van der Waals surface area contributed by atoms with Gasteiger partial charge >= 0.3 is 16.3 Å². The van der Waals surface area contributed by atoms with Crippen molar-refractivity contribution in [3.8, 4) is 0 Å². The average molecular weight is 526 g/mol. The van der Waals surface area contributed by atoms with Crippen molar-refractivity contribution in [1.82, 2.24) is 19.7 Å². The number of nitrogens with zero attached hydrogens (tertiary/aromatic N) is 1. The number of ether oxygens (including phenoxy) is 1. The van der Waals surface area contributed by atoms with Gasteiger partial charge in [-0.25, -0.2) is 9.52 Å². The van der Waals surface area contributed by atoms with E-state index in [0.29, 0.717) is 51.5 Å². The molecule has 2 saturated carbocycles. The summed E-state index contributed by atoms with van der Waals surface area (Å²) in [5, 5.41) is 2.77. The molecule has 13 heteroatoms. The first kappa shape index (κ1) is 26.4. The van der Waals surface area contributed by atoms with E-state index >= 15 is 0 Å². The second-order valence-corrected chi connectivity index (χ2v) is 11.6. The van der Waals surface area contributed by atoms with Crippen molar-refractivity contribution < 1.29 is 32.3 Å². The Balaban J connectivity index is 1.54. The maximum absolute atomic E-state index is 13.3. The van der Waals surface area contributed by atoms with Crippen LogP contribution in [-0.2, 0) is 29.3 Å². The predicted molar refractivity (Wildman–Crippen MR) is 128 cm³/mol. The van der Waals surface area contributed by atoms with Crippen LogP contribution in [0.4, 0.5) is 4.79 Å². The zero-order valence-corrected chi connectivity index (χ0v) is 21.1. The SMILES string of the molecule is NC(=O)OC1CCCCC/C=C/C2CC2(C(=O)NS(=O)(=O)NC2CCC2)NC(=O)C2CCCN2C1=O. The largest absolute Gasteiger partial charge is 0.436 e. The number of hydrogen-bond acceptors (Lipinski definition) is 7. The Bertz CT molecular complexity index is 1030. The molecule has 4 rings (SSSR count). The van der Waals surface area contributed by atoms with Gasteiger partial charge < -0.3 is 20.7 Å². The molecule has 36 heavy (non-hydrogen) atoms. The Morgan fingerprint density at radius 2 is 1.86 bits per heavy atom. The van der Waals surface area contributed by atoms with Crippen molar-refractivity contribution >= 4 is 34.0 Å². The lowest BCUT2D eigenvalue weighted by atomic mass is 9.94. The minimum atomic E-state index is -4.08. The van der Waals surface area contributed by atoms with E-state index in [2.05, 4.69) is 14.8 Å². The summed E-state index contributed by atoms with van der Waals surface area (Å²) in [5.74, 6) is -2.18. The molecule has 0 bridgehead atoms. The van der Waals surface area contributed by atoms with Crippen LogP contribution in [0.15, 0.2) is 12.2 Å². The van der Waals surface area contributed by atoms with Gasteiger partial charge in [0.25, 0.3) is 11.8 Å². The highest BCUT2D eigenvalue weighted by Crippen LogP contribution is 2.45. The van der Waals surface area contributed by atoms with E-state index in [4.69, 9.17) is 10.5 Å². The second-order valence-electron chi connectivity index (χ2n) is 10.1. The van der Waals surface area contributed by atoms with Gasteiger partial charge in [-0.05, 0) is 57.8 Å². The summed E-state index contributed by atoms with van der Waals surface area (Å²) in [6.45, 7) is 0.303. The average Bonchev–Trinajstić information content (AvgIpc) is 3.24. The molecule has 2 aliphatic carbocycles. The standard InChI is InChI=1S/C23H35N5O7S/c24-22(32)35-18-12-5-3-1-2-4-8-15-14-23(15,21(31)27-36(33,34)26-16-9-6-10-16)25-19(29)17-11-7-13-28(17)20(18)30/h4,8,15-18,26H,1-3,5-7,9-14H2,(H2,24,32)(H,25,29)(H,27,31)/b8-4+. The highest BCUT2D eigenvalue weighted by molar-refractivity contribution is 7.88. The first-order chi connectivity index (χ1) is 17.1. The van der Waals surface area contributed by atoms with Gasteiger partial charge in [0.05, 0.1) is 0 Å². The molecule has 1 saturated heterocycles. The van der Waals surface area contributed by atoms with E-state index in [9.17, 15) is 27.6 Å². The molecule has 4 aliphatic rings. The second kappa shape index (κ2) is 10.8. The van der Waals surface area contributed by atoms with Crippen LogP contribution in [0.25, 0.3) is 0 Å². The van der Waals surface area contributed by atoms with Crippen molar-refractivity contribution in [2.24, 2.45) is 11.7 Å².